The van der Waals surface area contributed by atoms with Crippen LogP contribution in [0.4, 0.5) is 4.39 Å². The lowest BCUT2D eigenvalue weighted by molar-refractivity contribution is 0.0969. The van der Waals surface area contributed by atoms with E-state index in [4.69, 9.17) is 4.98 Å². The predicted octanol–water partition coefficient (Wildman–Crippen LogP) is 3.40. The first-order valence-corrected chi connectivity index (χ1v) is 11.2. The maximum Gasteiger partial charge on any atom is 0.332 e. The lowest BCUT2D eigenvalue weighted by Gasteiger charge is -2.16. The van der Waals surface area contributed by atoms with Gasteiger partial charge in [-0.15, -0.1) is 0 Å². The van der Waals surface area contributed by atoms with Gasteiger partial charge in [-0.05, 0) is 50.6 Å². The van der Waals surface area contributed by atoms with Gasteiger partial charge in [0.05, 0.1) is 12.6 Å². The van der Waals surface area contributed by atoms with E-state index in [0.717, 1.165) is 21.5 Å². The average Bonchev–Trinajstić information content (AvgIpc) is 3.36. The summed E-state index contributed by atoms with van der Waals surface area (Å²) in [6.07, 6.45) is 0. The van der Waals surface area contributed by atoms with Crippen molar-refractivity contribution in [3.63, 3.8) is 0 Å². The minimum Gasteiger partial charge on any atom is -0.307 e. The van der Waals surface area contributed by atoms with Gasteiger partial charge in [-0.1, -0.05) is 30.3 Å². The largest absolute Gasteiger partial charge is 0.332 e. The van der Waals surface area contributed by atoms with Gasteiger partial charge in [-0.25, -0.2) is 9.18 Å². The number of carbonyl (C=O) groups is 1. The van der Waals surface area contributed by atoms with Gasteiger partial charge in [0, 0.05) is 24.0 Å². The number of carbonyl (C=O) groups excluding carboxylic acids is 1. The Kier molecular flexibility index (Phi) is 5.27. The average molecular weight is 474 g/mol. The van der Waals surface area contributed by atoms with Crippen LogP contribution in [-0.4, -0.2) is 28.9 Å². The Morgan fingerprint density at radius 1 is 1.00 bits per heavy atom. The summed E-state index contributed by atoms with van der Waals surface area (Å²) in [7, 11) is 1.53. The zero-order valence-corrected chi connectivity index (χ0v) is 19.8. The summed E-state index contributed by atoms with van der Waals surface area (Å²) in [6.45, 7) is 5.46. The van der Waals surface area contributed by atoms with Crippen LogP contribution < -0.4 is 11.2 Å². The molecule has 35 heavy (non-hydrogen) atoms. The highest BCUT2D eigenvalue weighted by Gasteiger charge is 2.25. The third-order valence-corrected chi connectivity index (χ3v) is 6.70. The molecule has 9 heteroatoms. The van der Waals surface area contributed by atoms with Crippen molar-refractivity contribution in [1.29, 1.82) is 0 Å². The number of ketones is 1. The Morgan fingerprint density at radius 3 is 2.31 bits per heavy atom. The fraction of sp³-hybridized carbons (Fsp3) is 0.231. The molecule has 0 saturated carbocycles. The van der Waals surface area contributed by atoms with Crippen LogP contribution in [0.15, 0.2) is 64.2 Å². The summed E-state index contributed by atoms with van der Waals surface area (Å²) in [5, 5.41) is 0. The molecule has 5 aromatic rings. The summed E-state index contributed by atoms with van der Waals surface area (Å²) < 4.78 is 19.2. The molecule has 0 radical (unpaired) electrons. The lowest BCUT2D eigenvalue weighted by atomic mass is 10.1. The van der Waals surface area contributed by atoms with E-state index in [2.05, 4.69) is 6.92 Å². The first kappa shape index (κ1) is 22.5. The number of imidazole rings is 2. The summed E-state index contributed by atoms with van der Waals surface area (Å²) in [6, 6.07) is 14.9. The van der Waals surface area contributed by atoms with Crippen LogP contribution in [0.25, 0.3) is 16.9 Å². The van der Waals surface area contributed by atoms with Crippen LogP contribution in [-0.2, 0) is 13.6 Å². The summed E-state index contributed by atoms with van der Waals surface area (Å²) in [4.78, 5) is 44.1. The Morgan fingerprint density at radius 2 is 1.66 bits per heavy atom. The minimum atomic E-state index is -0.643. The fourth-order valence-corrected chi connectivity index (χ4v) is 4.63. The molecule has 1 atom stereocenters. The fourth-order valence-electron chi connectivity index (χ4n) is 4.63. The Bertz CT molecular complexity index is 1720. The number of rotatable bonds is 5. The van der Waals surface area contributed by atoms with Crippen molar-refractivity contribution in [1.82, 2.24) is 23.1 Å². The van der Waals surface area contributed by atoms with Crippen molar-refractivity contribution in [2.75, 3.05) is 0 Å². The van der Waals surface area contributed by atoms with Gasteiger partial charge in [-0.3, -0.25) is 23.1 Å². The number of hydrogen-bond donors (Lipinski definition) is 0. The first-order valence-electron chi connectivity index (χ1n) is 11.2. The molecule has 0 aliphatic carbocycles. The highest BCUT2D eigenvalue weighted by atomic mass is 19.1. The van der Waals surface area contributed by atoms with Crippen molar-refractivity contribution in [2.24, 2.45) is 7.05 Å². The molecule has 0 unspecified atom stereocenters. The zero-order chi connectivity index (χ0) is 25.0. The Labute approximate surface area is 199 Å². The van der Waals surface area contributed by atoms with E-state index in [0.29, 0.717) is 5.78 Å². The molecular weight excluding hydrogens is 449 g/mol. The maximum absolute atomic E-state index is 13.6. The molecule has 0 spiro atoms. The molecule has 0 fully saturated rings. The second-order valence-corrected chi connectivity index (χ2v) is 8.71. The van der Waals surface area contributed by atoms with Crippen LogP contribution in [0.1, 0.15) is 40.3 Å². The van der Waals surface area contributed by atoms with E-state index in [1.54, 1.807) is 4.40 Å². The van der Waals surface area contributed by atoms with Crippen LogP contribution >= 0.6 is 0 Å². The molecule has 3 aromatic heterocycles. The standard InChI is InChI=1S/C26H24FN5O3/c1-15-16(2)32-22-23(28-25(32)31(15)17(3)18-8-6-5-7-9-18)29(4)26(35)30(24(22)34)14-21(33)19-10-12-20(27)13-11-19/h5-13,17H,14H2,1-4H3/t17-/m1/s1. The minimum absolute atomic E-state index is 0.0662. The van der Waals surface area contributed by atoms with Gasteiger partial charge >= 0.3 is 5.69 Å². The highest BCUT2D eigenvalue weighted by Crippen LogP contribution is 2.27. The number of aromatic nitrogens is 5. The molecule has 3 heterocycles. The summed E-state index contributed by atoms with van der Waals surface area (Å²) in [5.41, 5.74) is 2.29. The smallest absolute Gasteiger partial charge is 0.307 e. The maximum atomic E-state index is 13.6. The zero-order valence-electron chi connectivity index (χ0n) is 19.8. The van der Waals surface area contributed by atoms with E-state index < -0.39 is 29.4 Å². The second-order valence-electron chi connectivity index (χ2n) is 8.71. The molecule has 0 aliphatic heterocycles. The molecule has 5 rings (SSSR count). The number of aryl methyl sites for hydroxylation is 2. The SMILES string of the molecule is Cc1c(C)n2c3c(=O)n(CC(=O)c4ccc(F)cc4)c(=O)n(C)c3nc2n1[C@H](C)c1ccccc1. The molecule has 0 aliphatic rings. The highest BCUT2D eigenvalue weighted by molar-refractivity contribution is 5.96. The van der Waals surface area contributed by atoms with Crippen molar-refractivity contribution < 1.29 is 9.18 Å². The third kappa shape index (κ3) is 3.42. The van der Waals surface area contributed by atoms with E-state index in [9.17, 15) is 18.8 Å². The van der Waals surface area contributed by atoms with Crippen LogP contribution in [0.2, 0.25) is 0 Å². The lowest BCUT2D eigenvalue weighted by Crippen LogP contribution is -2.41. The summed E-state index contributed by atoms with van der Waals surface area (Å²) >= 11 is 0. The second kappa shape index (κ2) is 8.19. The van der Waals surface area contributed by atoms with Gasteiger partial charge in [0.15, 0.2) is 16.9 Å². The monoisotopic (exact) mass is 473 g/mol. The third-order valence-electron chi connectivity index (χ3n) is 6.70. The van der Waals surface area contributed by atoms with Crippen molar-refractivity contribution in [3.05, 3.63) is 104 Å². The van der Waals surface area contributed by atoms with Crippen molar-refractivity contribution in [2.45, 2.75) is 33.4 Å². The van der Waals surface area contributed by atoms with Crippen LogP contribution in [0.3, 0.4) is 0 Å². The van der Waals surface area contributed by atoms with Gasteiger partial charge in [-0.2, -0.15) is 4.98 Å². The first-order chi connectivity index (χ1) is 16.7. The molecule has 0 bridgehead atoms. The van der Waals surface area contributed by atoms with Gasteiger partial charge < -0.3 is 4.57 Å². The molecule has 8 nitrogen and oxygen atoms in total. The van der Waals surface area contributed by atoms with E-state index in [1.807, 2.05) is 48.7 Å². The normalized spacial score (nSPS) is 12.5. The number of Topliss-reactive ketones (excluding diaryl/α,β-unsaturated/α-hetero) is 1. The molecule has 0 saturated heterocycles. The Balaban J connectivity index is 1.72. The number of fused-ring (bicyclic) bond motifs is 3. The quantitative estimate of drug-likeness (QED) is 0.367. The summed E-state index contributed by atoms with van der Waals surface area (Å²) in [5.74, 6) is -0.397. The van der Waals surface area contributed by atoms with Gasteiger partial charge in [0.1, 0.15) is 5.82 Å². The van der Waals surface area contributed by atoms with Crippen LogP contribution in [0, 0.1) is 19.7 Å². The number of hydrogen-bond acceptors (Lipinski definition) is 4. The number of halogens is 1. The van der Waals surface area contributed by atoms with E-state index in [-0.39, 0.29) is 22.8 Å². The number of benzene rings is 2. The van der Waals surface area contributed by atoms with E-state index in [1.165, 1.54) is 35.9 Å². The molecule has 178 valence electrons. The van der Waals surface area contributed by atoms with Gasteiger partial charge in [0.25, 0.3) is 5.56 Å². The molecular formula is C26H24FN5O3. The molecule has 0 amide bonds. The molecule has 0 N–H and O–H groups in total. The Hall–Kier alpha value is -4.27. The molecule has 2 aromatic carbocycles. The van der Waals surface area contributed by atoms with Gasteiger partial charge in [0.2, 0.25) is 5.78 Å². The predicted molar refractivity (Wildman–Crippen MR) is 131 cm³/mol. The van der Waals surface area contributed by atoms with Crippen molar-refractivity contribution >= 4 is 22.7 Å². The van der Waals surface area contributed by atoms with E-state index >= 15 is 0 Å². The topological polar surface area (TPSA) is 83.3 Å². The van der Waals surface area contributed by atoms with Crippen LogP contribution in [0.5, 0.6) is 0 Å². The van der Waals surface area contributed by atoms with Crippen molar-refractivity contribution in [3.8, 4) is 0 Å². The number of nitrogens with zero attached hydrogens (tertiary/aromatic N) is 5.